The third kappa shape index (κ3) is 6.23. The van der Waals surface area contributed by atoms with Crippen molar-refractivity contribution in [2.45, 2.75) is 216 Å². The van der Waals surface area contributed by atoms with Gasteiger partial charge in [-0.3, -0.25) is 9.80 Å². The highest BCUT2D eigenvalue weighted by molar-refractivity contribution is 5.12. The lowest BCUT2D eigenvalue weighted by Gasteiger charge is -2.66. The quantitative estimate of drug-likeness (QED) is 0.291. The molecule has 282 valence electrons. The molecule has 2 aliphatic heterocycles. The predicted molar refractivity (Wildman–Crippen MR) is 207 cm³/mol. The fourth-order valence-corrected chi connectivity index (χ4v) is 17.0. The monoisotopic (exact) mass is 687 g/mol. The van der Waals surface area contributed by atoms with Gasteiger partial charge in [-0.2, -0.15) is 0 Å². The summed E-state index contributed by atoms with van der Waals surface area (Å²) in [4.78, 5) is 6.76. The van der Waals surface area contributed by atoms with Crippen LogP contribution in [0.4, 0.5) is 0 Å². The minimum atomic E-state index is 0.692. The summed E-state index contributed by atoms with van der Waals surface area (Å²) in [5, 5.41) is 8.69. The molecule has 8 saturated carbocycles. The van der Waals surface area contributed by atoms with Gasteiger partial charge in [0.25, 0.3) is 0 Å². The van der Waals surface area contributed by atoms with Gasteiger partial charge in [-0.25, -0.2) is 0 Å². The van der Waals surface area contributed by atoms with Crippen molar-refractivity contribution in [3.8, 4) is 0 Å². The number of piperidine rings is 2. The summed E-state index contributed by atoms with van der Waals surface area (Å²) in [6, 6.07) is 3.47. The van der Waals surface area contributed by atoms with E-state index in [1.807, 2.05) is 0 Å². The summed E-state index contributed by atoms with van der Waals surface area (Å²) in [6.07, 6.45) is 43.9. The van der Waals surface area contributed by atoms with Crippen LogP contribution >= 0.6 is 0 Å². The number of fused-ring (bicyclic) bond motifs is 2. The normalized spacial score (nSPS) is 48.8. The number of nitrogens with zero attached hydrogens (tertiary/aromatic N) is 2. The molecule has 4 heteroatoms. The smallest absolute Gasteiger partial charge is 0.0633 e. The van der Waals surface area contributed by atoms with Gasteiger partial charge in [0, 0.05) is 24.2 Å². The predicted octanol–water partition coefficient (Wildman–Crippen LogP) is 10.1. The van der Waals surface area contributed by atoms with E-state index in [4.69, 9.17) is 0 Å². The molecule has 2 saturated heterocycles. The lowest BCUT2D eigenvalue weighted by molar-refractivity contribution is -0.174. The maximum Gasteiger partial charge on any atom is 0.0633 e. The van der Waals surface area contributed by atoms with Crippen LogP contribution in [0.25, 0.3) is 0 Å². The Morgan fingerprint density at radius 2 is 0.700 bits per heavy atom. The molecular formula is C46H78N4. The summed E-state index contributed by atoms with van der Waals surface area (Å²) in [5.74, 6) is 9.96. The first-order valence-electron chi connectivity index (χ1n) is 23.8. The first-order valence-corrected chi connectivity index (χ1v) is 23.8. The molecular weight excluding hydrogens is 609 g/mol. The van der Waals surface area contributed by atoms with Crippen LogP contribution in [-0.4, -0.2) is 59.4 Å². The Hall–Kier alpha value is -0.160. The highest BCUT2D eigenvalue weighted by Crippen LogP contribution is 2.63. The molecule has 2 heterocycles. The van der Waals surface area contributed by atoms with Gasteiger partial charge in [-0.1, -0.05) is 103 Å². The molecule has 50 heavy (non-hydrogen) atoms. The maximum atomic E-state index is 4.34. The second-order valence-corrected chi connectivity index (χ2v) is 20.7. The van der Waals surface area contributed by atoms with E-state index in [0.29, 0.717) is 12.3 Å². The number of nitrogens with one attached hydrogen (secondary N) is 2. The van der Waals surface area contributed by atoms with Crippen molar-refractivity contribution >= 4 is 0 Å². The van der Waals surface area contributed by atoms with E-state index in [0.717, 1.165) is 83.3 Å². The van der Waals surface area contributed by atoms with E-state index >= 15 is 0 Å². The van der Waals surface area contributed by atoms with Crippen LogP contribution in [0.3, 0.4) is 0 Å². The van der Waals surface area contributed by atoms with Gasteiger partial charge in [0.15, 0.2) is 0 Å². The van der Waals surface area contributed by atoms with Crippen LogP contribution in [-0.2, 0) is 0 Å². The Bertz CT molecular complexity index is 1020. The lowest BCUT2D eigenvalue weighted by Crippen LogP contribution is -2.70. The molecule has 10 fully saturated rings. The second-order valence-electron chi connectivity index (χ2n) is 20.7. The molecule has 14 atom stereocenters. The van der Waals surface area contributed by atoms with Gasteiger partial charge in [-0.15, -0.1) is 0 Å². The average molecular weight is 687 g/mol. The largest absolute Gasteiger partial charge is 0.301 e. The van der Waals surface area contributed by atoms with Crippen LogP contribution in [0.15, 0.2) is 0 Å². The minimum Gasteiger partial charge on any atom is -0.301 e. The Balaban J connectivity index is 0.983. The minimum absolute atomic E-state index is 0.692. The van der Waals surface area contributed by atoms with E-state index in [2.05, 4.69) is 20.4 Å². The first kappa shape index (κ1) is 34.3. The van der Waals surface area contributed by atoms with Gasteiger partial charge in [0.05, 0.1) is 12.3 Å². The summed E-state index contributed by atoms with van der Waals surface area (Å²) in [5.41, 5.74) is 0. The lowest BCUT2D eigenvalue weighted by atomic mass is 9.45. The Labute approximate surface area is 308 Å². The van der Waals surface area contributed by atoms with Gasteiger partial charge >= 0.3 is 0 Å². The van der Waals surface area contributed by atoms with Crippen molar-refractivity contribution in [3.05, 3.63) is 0 Å². The number of hydrogen-bond acceptors (Lipinski definition) is 4. The Morgan fingerprint density at radius 3 is 1.16 bits per heavy atom. The SMILES string of the molecule is C1CCC(N(C2CC3CCCC4C3C3C(CCCC32)CC4N(C2CCCCC2)C2NCCC3CCCCC32)C2NCCC3CCCCC32)CC1. The fourth-order valence-electron chi connectivity index (χ4n) is 17.0. The zero-order chi connectivity index (χ0) is 33.0. The third-order valence-electron chi connectivity index (χ3n) is 18.7. The highest BCUT2D eigenvalue weighted by atomic mass is 15.3. The van der Waals surface area contributed by atoms with Crippen molar-refractivity contribution in [2.75, 3.05) is 13.1 Å². The molecule has 0 radical (unpaired) electrons. The third-order valence-corrected chi connectivity index (χ3v) is 18.7. The van der Waals surface area contributed by atoms with Crippen LogP contribution in [0, 0.1) is 59.2 Å². The Morgan fingerprint density at radius 1 is 0.320 bits per heavy atom. The molecule has 10 aliphatic rings. The summed E-state index contributed by atoms with van der Waals surface area (Å²) < 4.78 is 0. The summed E-state index contributed by atoms with van der Waals surface area (Å²) in [7, 11) is 0. The zero-order valence-corrected chi connectivity index (χ0v) is 32.3. The molecule has 0 aromatic carbocycles. The van der Waals surface area contributed by atoms with Crippen LogP contribution in [0.1, 0.15) is 180 Å². The highest BCUT2D eigenvalue weighted by Gasteiger charge is 2.60. The summed E-state index contributed by atoms with van der Waals surface area (Å²) >= 11 is 0. The molecule has 14 unspecified atom stereocenters. The fraction of sp³-hybridized carbons (Fsp3) is 1.00. The maximum absolute atomic E-state index is 4.34. The molecule has 10 rings (SSSR count). The molecule has 0 bridgehead atoms. The van der Waals surface area contributed by atoms with E-state index in [1.54, 1.807) is 38.5 Å². The van der Waals surface area contributed by atoms with Crippen molar-refractivity contribution < 1.29 is 0 Å². The van der Waals surface area contributed by atoms with E-state index in [9.17, 15) is 0 Å². The van der Waals surface area contributed by atoms with Gasteiger partial charge in [0.2, 0.25) is 0 Å². The molecule has 8 aliphatic carbocycles. The van der Waals surface area contributed by atoms with Gasteiger partial charge in [-0.05, 0) is 149 Å². The number of hydrogen-bond donors (Lipinski definition) is 2. The second kappa shape index (κ2) is 15.2. The van der Waals surface area contributed by atoms with E-state index in [1.165, 1.54) is 154 Å². The van der Waals surface area contributed by atoms with Gasteiger partial charge < -0.3 is 10.6 Å². The Kier molecular flexibility index (Phi) is 10.4. The van der Waals surface area contributed by atoms with Crippen LogP contribution in [0.5, 0.6) is 0 Å². The van der Waals surface area contributed by atoms with Crippen LogP contribution in [0.2, 0.25) is 0 Å². The van der Waals surface area contributed by atoms with Crippen molar-refractivity contribution in [3.63, 3.8) is 0 Å². The standard InChI is InChI=1S/C46H78N4/c1-3-17-35(18-4-1)49(45-37-21-9-7-13-31(37)25-27-47-45)41-29-33-15-12-24-40-42(30-34-16-11-23-39(41)43(34)44(33)40)50(36-19-5-2-6-20-36)46-38-22-10-8-14-32(38)26-28-48-46/h31-48H,1-30H2. The van der Waals surface area contributed by atoms with Gasteiger partial charge in [0.1, 0.15) is 0 Å². The molecule has 0 aromatic heterocycles. The first-order chi connectivity index (χ1) is 24.8. The van der Waals surface area contributed by atoms with E-state index in [-0.39, 0.29) is 0 Å². The van der Waals surface area contributed by atoms with Crippen molar-refractivity contribution in [1.82, 2.24) is 20.4 Å². The molecule has 0 spiro atoms. The molecule has 0 amide bonds. The summed E-state index contributed by atoms with van der Waals surface area (Å²) in [6.45, 7) is 2.59. The van der Waals surface area contributed by atoms with Crippen LogP contribution < -0.4 is 10.6 Å². The zero-order valence-electron chi connectivity index (χ0n) is 32.3. The molecule has 4 nitrogen and oxygen atoms in total. The van der Waals surface area contributed by atoms with E-state index < -0.39 is 0 Å². The molecule has 0 aromatic rings. The van der Waals surface area contributed by atoms with Crippen molar-refractivity contribution in [1.29, 1.82) is 0 Å². The van der Waals surface area contributed by atoms with Crippen molar-refractivity contribution in [2.24, 2.45) is 59.2 Å². The topological polar surface area (TPSA) is 30.5 Å². The number of rotatable bonds is 6. The molecule has 2 N–H and O–H groups in total. The average Bonchev–Trinajstić information content (AvgIpc) is 3.18.